The minimum atomic E-state index is -0.166. The Labute approximate surface area is 116 Å². The van der Waals surface area contributed by atoms with Gasteiger partial charge in [-0.15, -0.1) is 0 Å². The molecule has 1 unspecified atom stereocenters. The molecule has 0 aromatic carbocycles. The van der Waals surface area contributed by atoms with Crippen LogP contribution in [-0.4, -0.2) is 47.3 Å². The number of hydrogen-bond donors (Lipinski definition) is 0. The molecule has 2 fully saturated rings. The van der Waals surface area contributed by atoms with Gasteiger partial charge < -0.3 is 9.80 Å². The Morgan fingerprint density at radius 2 is 1.79 bits per heavy atom. The van der Waals surface area contributed by atoms with E-state index in [9.17, 15) is 9.59 Å². The van der Waals surface area contributed by atoms with Gasteiger partial charge in [-0.25, -0.2) is 0 Å². The fourth-order valence-corrected chi connectivity index (χ4v) is 3.47. The highest BCUT2D eigenvalue weighted by Crippen LogP contribution is 2.27. The Morgan fingerprint density at radius 1 is 1.16 bits per heavy atom. The third-order valence-corrected chi connectivity index (χ3v) is 4.64. The second-order valence-electron chi connectivity index (χ2n) is 6.62. The van der Waals surface area contributed by atoms with Crippen LogP contribution < -0.4 is 0 Å². The van der Waals surface area contributed by atoms with E-state index in [1.807, 2.05) is 0 Å². The van der Waals surface area contributed by atoms with E-state index in [0.29, 0.717) is 17.8 Å². The summed E-state index contributed by atoms with van der Waals surface area (Å²) in [6.45, 7) is 10.6. The Balaban J connectivity index is 2.08. The summed E-state index contributed by atoms with van der Waals surface area (Å²) in [6, 6.07) is -0.166. The molecule has 0 N–H and O–H groups in total. The van der Waals surface area contributed by atoms with Gasteiger partial charge in [0.15, 0.2) is 0 Å². The largest absolute Gasteiger partial charge is 0.331 e. The van der Waals surface area contributed by atoms with Crippen LogP contribution in [0, 0.1) is 17.8 Å². The van der Waals surface area contributed by atoms with Crippen molar-refractivity contribution in [1.82, 2.24) is 9.80 Å². The van der Waals surface area contributed by atoms with Gasteiger partial charge in [-0.3, -0.25) is 9.59 Å². The summed E-state index contributed by atoms with van der Waals surface area (Å²) in [5, 5.41) is 0. The van der Waals surface area contributed by atoms with Crippen LogP contribution in [0.25, 0.3) is 0 Å². The molecule has 2 heterocycles. The lowest BCUT2D eigenvalue weighted by Crippen LogP contribution is -2.58. The van der Waals surface area contributed by atoms with Crippen molar-refractivity contribution in [3.05, 3.63) is 0 Å². The van der Waals surface area contributed by atoms with E-state index in [1.165, 1.54) is 0 Å². The van der Waals surface area contributed by atoms with Crippen molar-refractivity contribution in [2.24, 2.45) is 17.8 Å². The predicted octanol–water partition coefficient (Wildman–Crippen LogP) is 1.75. The van der Waals surface area contributed by atoms with Gasteiger partial charge in [0.05, 0.1) is 6.54 Å². The quantitative estimate of drug-likeness (QED) is 0.778. The number of fused-ring (bicyclic) bond motifs is 1. The lowest BCUT2D eigenvalue weighted by molar-refractivity contribution is -0.154. The van der Waals surface area contributed by atoms with Crippen LogP contribution in [0.4, 0.5) is 0 Å². The van der Waals surface area contributed by atoms with Gasteiger partial charge in [0.1, 0.15) is 6.04 Å². The Morgan fingerprint density at radius 3 is 2.37 bits per heavy atom. The van der Waals surface area contributed by atoms with E-state index in [-0.39, 0.29) is 24.4 Å². The van der Waals surface area contributed by atoms with E-state index in [1.54, 1.807) is 9.80 Å². The molecule has 4 nitrogen and oxygen atoms in total. The molecule has 2 aliphatic rings. The zero-order valence-electron chi connectivity index (χ0n) is 12.6. The Kier molecular flexibility index (Phi) is 4.16. The molecule has 0 spiro atoms. The first-order chi connectivity index (χ1) is 8.91. The van der Waals surface area contributed by atoms with Gasteiger partial charge in [-0.05, 0) is 30.6 Å². The minimum Gasteiger partial charge on any atom is -0.331 e. The van der Waals surface area contributed by atoms with Gasteiger partial charge in [0.25, 0.3) is 0 Å². The number of amides is 2. The maximum absolute atomic E-state index is 12.5. The highest BCUT2D eigenvalue weighted by molar-refractivity contribution is 5.95. The third-order valence-electron chi connectivity index (χ3n) is 4.64. The van der Waals surface area contributed by atoms with Gasteiger partial charge in [0, 0.05) is 13.1 Å². The first-order valence-electron chi connectivity index (χ1n) is 7.50. The van der Waals surface area contributed by atoms with Crippen molar-refractivity contribution < 1.29 is 9.59 Å². The number of rotatable bonds is 4. The fourth-order valence-electron chi connectivity index (χ4n) is 3.47. The SMILES string of the molecule is CC(C)C(CN1CC(=O)N2CCCC2C1=O)C(C)C. The molecule has 0 bridgehead atoms. The molecule has 4 heteroatoms. The molecule has 108 valence electrons. The smallest absolute Gasteiger partial charge is 0.245 e. The lowest BCUT2D eigenvalue weighted by atomic mass is 9.85. The van der Waals surface area contributed by atoms with Gasteiger partial charge >= 0.3 is 0 Å². The van der Waals surface area contributed by atoms with E-state index >= 15 is 0 Å². The zero-order valence-corrected chi connectivity index (χ0v) is 12.6. The highest BCUT2D eigenvalue weighted by atomic mass is 16.2. The molecule has 2 rings (SSSR count). The van der Waals surface area contributed by atoms with Crippen LogP contribution in [0.2, 0.25) is 0 Å². The van der Waals surface area contributed by atoms with Crippen LogP contribution in [-0.2, 0) is 9.59 Å². The summed E-state index contributed by atoms with van der Waals surface area (Å²) in [5.74, 6) is 1.83. The molecule has 2 saturated heterocycles. The van der Waals surface area contributed by atoms with Gasteiger partial charge in [-0.2, -0.15) is 0 Å². The molecule has 19 heavy (non-hydrogen) atoms. The topological polar surface area (TPSA) is 40.6 Å². The average Bonchev–Trinajstić information content (AvgIpc) is 2.80. The van der Waals surface area contributed by atoms with E-state index < -0.39 is 0 Å². The van der Waals surface area contributed by atoms with Crippen molar-refractivity contribution in [3.8, 4) is 0 Å². The molecular weight excluding hydrogens is 240 g/mol. The first-order valence-corrected chi connectivity index (χ1v) is 7.50. The molecule has 0 aromatic rings. The highest BCUT2D eigenvalue weighted by Gasteiger charge is 2.42. The summed E-state index contributed by atoms with van der Waals surface area (Å²) in [6.07, 6.45) is 1.81. The molecular formula is C15H26N2O2. The third kappa shape index (κ3) is 2.77. The maximum Gasteiger partial charge on any atom is 0.245 e. The molecule has 0 aliphatic carbocycles. The average molecular weight is 266 g/mol. The predicted molar refractivity (Wildman–Crippen MR) is 74.5 cm³/mol. The van der Waals surface area contributed by atoms with Crippen molar-refractivity contribution in [3.63, 3.8) is 0 Å². The van der Waals surface area contributed by atoms with E-state index in [4.69, 9.17) is 0 Å². The number of carbonyl (C=O) groups excluding carboxylic acids is 2. The van der Waals surface area contributed by atoms with Crippen molar-refractivity contribution >= 4 is 11.8 Å². The molecule has 2 aliphatic heterocycles. The Hall–Kier alpha value is -1.06. The van der Waals surface area contributed by atoms with Crippen LogP contribution in [0.3, 0.4) is 0 Å². The van der Waals surface area contributed by atoms with Crippen LogP contribution in [0.5, 0.6) is 0 Å². The van der Waals surface area contributed by atoms with Gasteiger partial charge in [-0.1, -0.05) is 27.7 Å². The lowest BCUT2D eigenvalue weighted by Gasteiger charge is -2.39. The molecule has 0 aromatic heterocycles. The fraction of sp³-hybridized carbons (Fsp3) is 0.867. The van der Waals surface area contributed by atoms with E-state index in [0.717, 1.165) is 25.9 Å². The Bertz CT molecular complexity index is 357. The first kappa shape index (κ1) is 14.4. The number of hydrogen-bond acceptors (Lipinski definition) is 2. The molecule has 1 atom stereocenters. The van der Waals surface area contributed by atoms with Gasteiger partial charge in [0.2, 0.25) is 11.8 Å². The zero-order chi connectivity index (χ0) is 14.2. The summed E-state index contributed by atoms with van der Waals surface area (Å²) in [4.78, 5) is 28.1. The van der Waals surface area contributed by atoms with Crippen LogP contribution in [0.1, 0.15) is 40.5 Å². The normalized spacial score (nSPS) is 24.1. The minimum absolute atomic E-state index is 0.133. The van der Waals surface area contributed by atoms with Crippen LogP contribution in [0.15, 0.2) is 0 Å². The monoisotopic (exact) mass is 266 g/mol. The van der Waals surface area contributed by atoms with Crippen molar-refractivity contribution in [1.29, 1.82) is 0 Å². The van der Waals surface area contributed by atoms with Crippen LogP contribution >= 0.6 is 0 Å². The molecule has 0 radical (unpaired) electrons. The van der Waals surface area contributed by atoms with Crippen molar-refractivity contribution in [2.45, 2.75) is 46.6 Å². The number of piperazine rings is 1. The summed E-state index contributed by atoms with van der Waals surface area (Å²) < 4.78 is 0. The summed E-state index contributed by atoms with van der Waals surface area (Å²) in [5.41, 5.74) is 0. The molecule has 2 amide bonds. The summed E-state index contributed by atoms with van der Waals surface area (Å²) >= 11 is 0. The second-order valence-corrected chi connectivity index (χ2v) is 6.62. The van der Waals surface area contributed by atoms with E-state index in [2.05, 4.69) is 27.7 Å². The standard InChI is InChI=1S/C15H26N2O2/c1-10(2)12(11(3)4)8-16-9-14(18)17-7-5-6-13(17)15(16)19/h10-13H,5-9H2,1-4H3. The molecule has 0 saturated carbocycles. The maximum atomic E-state index is 12.5. The second kappa shape index (κ2) is 5.51. The summed E-state index contributed by atoms with van der Waals surface area (Å²) in [7, 11) is 0. The number of carbonyl (C=O) groups is 2. The number of nitrogens with zero attached hydrogens (tertiary/aromatic N) is 2. The van der Waals surface area contributed by atoms with Crippen molar-refractivity contribution in [2.75, 3.05) is 19.6 Å².